The minimum atomic E-state index is -0.899. The Balaban J connectivity index is 1.86. The van der Waals surface area contributed by atoms with E-state index in [0.717, 1.165) is 24.8 Å². The number of nitrogens with zero attached hydrogens (tertiary/aromatic N) is 2. The van der Waals surface area contributed by atoms with Crippen LogP contribution in [0.3, 0.4) is 0 Å². The van der Waals surface area contributed by atoms with Crippen molar-refractivity contribution < 1.29 is 24.2 Å². The molecule has 180 valence electrons. The molecule has 0 spiro atoms. The van der Waals surface area contributed by atoms with Crippen LogP contribution in [0.15, 0.2) is 72.4 Å². The Labute approximate surface area is 204 Å². The number of aromatic nitrogens is 1. The fraction of sp³-hybridized carbons (Fsp3) is 0.250. The van der Waals surface area contributed by atoms with Crippen molar-refractivity contribution in [2.24, 2.45) is 0 Å². The fourth-order valence-corrected chi connectivity index (χ4v) is 4.26. The molecule has 0 radical (unpaired) electrons. The summed E-state index contributed by atoms with van der Waals surface area (Å²) >= 11 is 0. The van der Waals surface area contributed by atoms with Gasteiger partial charge in [-0.1, -0.05) is 31.5 Å². The quantitative estimate of drug-likeness (QED) is 0.280. The number of benzene rings is 2. The molecule has 7 nitrogen and oxygen atoms in total. The first-order valence-electron chi connectivity index (χ1n) is 11.5. The van der Waals surface area contributed by atoms with Crippen molar-refractivity contribution in [2.45, 2.75) is 32.2 Å². The zero-order chi connectivity index (χ0) is 24.9. The number of pyridine rings is 1. The van der Waals surface area contributed by atoms with Crippen LogP contribution in [0.5, 0.6) is 11.5 Å². The van der Waals surface area contributed by atoms with Crippen LogP contribution in [0, 0.1) is 0 Å². The largest absolute Gasteiger partial charge is 0.507 e. The first-order chi connectivity index (χ1) is 17.0. The highest BCUT2D eigenvalue weighted by molar-refractivity contribution is 6.51. The second-order valence-corrected chi connectivity index (χ2v) is 8.26. The summed E-state index contributed by atoms with van der Waals surface area (Å²) < 4.78 is 10.7. The van der Waals surface area contributed by atoms with E-state index in [1.54, 1.807) is 42.6 Å². The number of methoxy groups -OCH3 is 2. The van der Waals surface area contributed by atoms with Gasteiger partial charge in [0, 0.05) is 18.0 Å². The van der Waals surface area contributed by atoms with E-state index in [9.17, 15) is 14.7 Å². The highest BCUT2D eigenvalue weighted by Crippen LogP contribution is 2.43. The van der Waals surface area contributed by atoms with Gasteiger partial charge in [-0.05, 0) is 54.8 Å². The molecule has 1 N–H and O–H groups in total. The van der Waals surface area contributed by atoms with Crippen LogP contribution in [-0.4, -0.2) is 36.0 Å². The van der Waals surface area contributed by atoms with Gasteiger partial charge in [-0.15, -0.1) is 0 Å². The highest BCUT2D eigenvalue weighted by Gasteiger charge is 2.47. The molecule has 35 heavy (non-hydrogen) atoms. The number of unbranched alkanes of at least 4 members (excludes halogenated alkanes) is 1. The maximum absolute atomic E-state index is 13.3. The number of Topliss-reactive ketones (excluding diaryl/α,β-unsaturated/α-hetero) is 1. The molecule has 7 heteroatoms. The number of rotatable bonds is 8. The number of carbonyl (C=O) groups is 2. The van der Waals surface area contributed by atoms with Crippen LogP contribution >= 0.6 is 0 Å². The van der Waals surface area contributed by atoms with Crippen molar-refractivity contribution in [3.63, 3.8) is 0 Å². The molecule has 1 fully saturated rings. The molecule has 1 aliphatic rings. The second-order valence-electron chi connectivity index (χ2n) is 8.26. The number of aryl methyl sites for hydroxylation is 1. The lowest BCUT2D eigenvalue weighted by molar-refractivity contribution is -0.132. The molecule has 1 amide bonds. The lowest BCUT2D eigenvalue weighted by atomic mass is 9.97. The number of anilines is 1. The Bertz CT molecular complexity index is 1250. The van der Waals surface area contributed by atoms with Crippen LogP contribution in [0.2, 0.25) is 0 Å². The minimum Gasteiger partial charge on any atom is -0.507 e. The molecule has 1 aliphatic heterocycles. The third kappa shape index (κ3) is 4.62. The van der Waals surface area contributed by atoms with Gasteiger partial charge in [0.05, 0.1) is 31.1 Å². The predicted molar refractivity (Wildman–Crippen MR) is 134 cm³/mol. The number of hydrogen-bond donors (Lipinski definition) is 1. The molecular weight excluding hydrogens is 444 g/mol. The van der Waals surface area contributed by atoms with Crippen molar-refractivity contribution in [3.05, 3.63) is 89.3 Å². The first-order valence-corrected chi connectivity index (χ1v) is 11.5. The molecule has 2 aromatic carbocycles. The topological polar surface area (TPSA) is 89.0 Å². The van der Waals surface area contributed by atoms with E-state index in [4.69, 9.17) is 9.47 Å². The summed E-state index contributed by atoms with van der Waals surface area (Å²) in [4.78, 5) is 32.4. The SMILES string of the molecule is CCCCc1ccc(N2C(=O)C(=O)/C(=C(\O)c3ccc(OC)cc3OC)C2c2ccccn2)cc1. The number of aliphatic hydroxyl groups excluding tert-OH is 1. The average molecular weight is 473 g/mol. The number of hydrogen-bond acceptors (Lipinski definition) is 6. The van der Waals surface area contributed by atoms with Crippen LogP contribution in [0.25, 0.3) is 5.76 Å². The Morgan fingerprint density at radius 3 is 2.43 bits per heavy atom. The molecule has 4 rings (SSSR count). The Morgan fingerprint density at radius 1 is 1.03 bits per heavy atom. The Morgan fingerprint density at radius 2 is 1.80 bits per heavy atom. The third-order valence-electron chi connectivity index (χ3n) is 6.11. The van der Waals surface area contributed by atoms with E-state index < -0.39 is 17.7 Å². The summed E-state index contributed by atoms with van der Waals surface area (Å²) in [6.45, 7) is 2.14. The van der Waals surface area contributed by atoms with Crippen LogP contribution < -0.4 is 14.4 Å². The van der Waals surface area contributed by atoms with Gasteiger partial charge in [-0.3, -0.25) is 19.5 Å². The maximum Gasteiger partial charge on any atom is 0.300 e. The van der Waals surface area contributed by atoms with Gasteiger partial charge in [0.1, 0.15) is 23.3 Å². The summed E-state index contributed by atoms with van der Waals surface area (Å²) in [7, 11) is 2.98. The normalized spacial score (nSPS) is 17.0. The monoisotopic (exact) mass is 472 g/mol. The van der Waals surface area contributed by atoms with Gasteiger partial charge in [0.15, 0.2) is 0 Å². The molecule has 1 atom stereocenters. The van der Waals surface area contributed by atoms with Gasteiger partial charge in [-0.25, -0.2) is 0 Å². The van der Waals surface area contributed by atoms with Crippen molar-refractivity contribution in [3.8, 4) is 11.5 Å². The van der Waals surface area contributed by atoms with Gasteiger partial charge < -0.3 is 14.6 Å². The summed E-state index contributed by atoms with van der Waals surface area (Å²) in [5.74, 6) is -1.00. The van der Waals surface area contributed by atoms with Crippen molar-refractivity contribution in [2.75, 3.05) is 19.1 Å². The average Bonchev–Trinajstić information content (AvgIpc) is 3.17. The molecule has 2 heterocycles. The molecule has 1 unspecified atom stereocenters. The molecule has 0 bridgehead atoms. The van der Waals surface area contributed by atoms with E-state index in [2.05, 4.69) is 11.9 Å². The molecule has 1 aromatic heterocycles. The van der Waals surface area contributed by atoms with Crippen LogP contribution in [-0.2, 0) is 16.0 Å². The number of amides is 1. The van der Waals surface area contributed by atoms with Crippen LogP contribution in [0.1, 0.15) is 42.6 Å². The summed E-state index contributed by atoms with van der Waals surface area (Å²) in [5.41, 5.74) is 2.42. The molecule has 1 saturated heterocycles. The highest BCUT2D eigenvalue weighted by atomic mass is 16.5. The summed E-state index contributed by atoms with van der Waals surface area (Å²) in [6.07, 6.45) is 4.69. The second kappa shape index (κ2) is 10.4. The van der Waals surface area contributed by atoms with Crippen molar-refractivity contribution in [1.29, 1.82) is 0 Å². The van der Waals surface area contributed by atoms with Gasteiger partial charge in [-0.2, -0.15) is 0 Å². The zero-order valence-corrected chi connectivity index (χ0v) is 20.0. The molecule has 0 aliphatic carbocycles. The van der Waals surface area contributed by atoms with E-state index in [1.165, 1.54) is 19.1 Å². The van der Waals surface area contributed by atoms with E-state index in [1.807, 2.05) is 24.3 Å². The van der Waals surface area contributed by atoms with E-state index in [-0.39, 0.29) is 16.9 Å². The maximum atomic E-state index is 13.3. The molecule has 3 aromatic rings. The number of ether oxygens (including phenoxy) is 2. The summed E-state index contributed by atoms with van der Waals surface area (Å²) in [5, 5.41) is 11.4. The van der Waals surface area contributed by atoms with Crippen molar-refractivity contribution >= 4 is 23.1 Å². The van der Waals surface area contributed by atoms with Crippen LogP contribution in [0.4, 0.5) is 5.69 Å². The van der Waals surface area contributed by atoms with E-state index in [0.29, 0.717) is 22.9 Å². The minimum absolute atomic E-state index is 0.0489. The Hall–Kier alpha value is -4.13. The lowest BCUT2D eigenvalue weighted by Crippen LogP contribution is -2.29. The fourth-order valence-electron chi connectivity index (χ4n) is 4.26. The zero-order valence-electron chi connectivity index (χ0n) is 20.0. The third-order valence-corrected chi connectivity index (χ3v) is 6.11. The van der Waals surface area contributed by atoms with Gasteiger partial charge >= 0.3 is 0 Å². The standard InChI is InChI=1S/C28H28N2O5/c1-4-5-8-18-10-12-19(13-11-18)30-25(22-9-6-7-16-29-22)24(27(32)28(30)33)26(31)21-15-14-20(34-2)17-23(21)35-3/h6-7,9-17,25,31H,4-5,8H2,1-3H3/b26-24-. The summed E-state index contributed by atoms with van der Waals surface area (Å²) in [6, 6.07) is 16.8. The lowest BCUT2D eigenvalue weighted by Gasteiger charge is -2.25. The molecular formula is C28H28N2O5. The van der Waals surface area contributed by atoms with Gasteiger partial charge in [0.25, 0.3) is 11.7 Å². The molecule has 0 saturated carbocycles. The number of ketones is 1. The predicted octanol–water partition coefficient (Wildman–Crippen LogP) is 5.07. The van der Waals surface area contributed by atoms with Gasteiger partial charge in [0.2, 0.25) is 0 Å². The Kier molecular flexibility index (Phi) is 7.15. The smallest absolute Gasteiger partial charge is 0.300 e. The number of aliphatic hydroxyl groups is 1. The van der Waals surface area contributed by atoms with Crippen molar-refractivity contribution in [1.82, 2.24) is 4.98 Å². The number of carbonyl (C=O) groups excluding carboxylic acids is 2. The van der Waals surface area contributed by atoms with E-state index >= 15 is 0 Å². The first kappa shape index (κ1) is 24.0.